The van der Waals surface area contributed by atoms with E-state index in [1.54, 1.807) is 0 Å². The fourth-order valence-electron chi connectivity index (χ4n) is 0. The zero-order chi connectivity index (χ0) is 7.15. The minimum Gasteiger partial charge on any atom is -0.306 e. The fourth-order valence-corrected chi connectivity index (χ4v) is 0. The summed E-state index contributed by atoms with van der Waals surface area (Å²) in [5.74, 6) is 0. The Morgan fingerprint density at radius 2 is 1.00 bits per heavy atom. The molecule has 0 aliphatic carbocycles. The topological polar surface area (TPSA) is 74.6 Å². The van der Waals surface area contributed by atoms with Gasteiger partial charge in [-0.2, -0.15) is 0 Å². The average molecular weight is 160 g/mol. The lowest BCUT2D eigenvalue weighted by Crippen LogP contribution is -1.72. The summed E-state index contributed by atoms with van der Waals surface area (Å²) in [4.78, 5) is 0. The van der Waals surface area contributed by atoms with Gasteiger partial charge in [0.1, 0.15) is 22.2 Å². The molecule has 0 saturated heterocycles. The molecule has 2 N–H and O–H groups in total. The first-order valence-corrected chi connectivity index (χ1v) is 4.54. The van der Waals surface area contributed by atoms with Crippen LogP contribution in [0, 0.1) is 0 Å². The third-order valence-corrected chi connectivity index (χ3v) is 0. The first kappa shape index (κ1) is 11.1. The van der Waals surface area contributed by atoms with Crippen LogP contribution < -0.4 is 0 Å². The third-order valence-electron chi connectivity index (χ3n) is 0. The number of hydrogen-bond donors (Lipinski definition) is 2. The molecule has 0 aromatic rings. The second kappa shape index (κ2) is 7.22. The Hall–Kier alpha value is 0.220. The van der Waals surface area contributed by atoms with Gasteiger partial charge in [0.2, 0.25) is 0 Å². The summed E-state index contributed by atoms with van der Waals surface area (Å²) in [5.41, 5.74) is 0. The van der Waals surface area contributed by atoms with Gasteiger partial charge in [-0.1, -0.05) is 0 Å². The second-order valence-electron chi connectivity index (χ2n) is 0.848. The van der Waals surface area contributed by atoms with Gasteiger partial charge in [-0.15, -0.1) is 0 Å². The van der Waals surface area contributed by atoms with Crippen LogP contribution in [0.15, 0.2) is 0 Å². The lowest BCUT2D eigenvalue weighted by Gasteiger charge is -1.60. The first-order chi connectivity index (χ1) is 3.46. The highest BCUT2D eigenvalue weighted by atomic mass is 32.2. The van der Waals surface area contributed by atoms with Gasteiger partial charge in [0.15, 0.2) is 0 Å². The van der Waals surface area contributed by atoms with Crippen molar-refractivity contribution in [3.63, 3.8) is 0 Å². The maximum atomic E-state index is 9.11. The molecule has 0 bridgehead atoms. The molecule has 0 aliphatic rings. The first-order valence-electron chi connectivity index (χ1n) is 1.51. The molecular formula is C2H8O4S2. The average Bonchev–Trinajstić information content (AvgIpc) is 1.25. The van der Waals surface area contributed by atoms with E-state index in [4.69, 9.17) is 17.5 Å². The largest absolute Gasteiger partial charge is 0.306 e. The van der Waals surface area contributed by atoms with Crippen LogP contribution in [-0.2, 0) is 22.2 Å². The molecule has 0 amide bonds. The van der Waals surface area contributed by atoms with Crippen LogP contribution in [0.5, 0.6) is 0 Å². The van der Waals surface area contributed by atoms with Crippen LogP contribution in [-0.4, -0.2) is 30.0 Å². The van der Waals surface area contributed by atoms with E-state index in [-0.39, 0.29) is 0 Å². The molecule has 0 fully saturated rings. The molecule has 0 aliphatic heterocycles. The quantitative estimate of drug-likeness (QED) is 0.476. The Morgan fingerprint density at radius 1 is 1.00 bits per heavy atom. The molecule has 0 heterocycles. The molecule has 52 valence electrons. The van der Waals surface area contributed by atoms with Crippen molar-refractivity contribution in [2.24, 2.45) is 0 Å². The number of rotatable bonds is 0. The van der Waals surface area contributed by atoms with Crippen molar-refractivity contribution in [2.45, 2.75) is 0 Å². The van der Waals surface area contributed by atoms with E-state index < -0.39 is 22.2 Å². The zero-order valence-electron chi connectivity index (χ0n) is 4.53. The van der Waals surface area contributed by atoms with Crippen molar-refractivity contribution in [1.29, 1.82) is 0 Å². The molecule has 0 saturated carbocycles. The van der Waals surface area contributed by atoms with Gasteiger partial charge in [0.25, 0.3) is 0 Å². The summed E-state index contributed by atoms with van der Waals surface area (Å²) in [6.45, 7) is 0. The number of hydrogen-bond acceptors (Lipinski definition) is 2. The van der Waals surface area contributed by atoms with Crippen LogP contribution in [0.2, 0.25) is 0 Å². The highest BCUT2D eigenvalue weighted by Crippen LogP contribution is 1.46. The van der Waals surface area contributed by atoms with E-state index in [0.717, 1.165) is 0 Å². The van der Waals surface area contributed by atoms with Gasteiger partial charge in [-0.3, -0.25) is 0 Å². The second-order valence-corrected chi connectivity index (χ2v) is 2.54. The Bertz CT molecular complexity index is 70.0. The molecule has 2 unspecified atom stereocenters. The smallest absolute Gasteiger partial charge is 0.149 e. The van der Waals surface area contributed by atoms with Crippen LogP contribution >= 0.6 is 0 Å². The normalized spacial score (nSPS) is 15.5. The van der Waals surface area contributed by atoms with Crippen LogP contribution in [0.3, 0.4) is 0 Å². The molecule has 2 atom stereocenters. The van der Waals surface area contributed by atoms with E-state index in [0.29, 0.717) is 0 Å². The van der Waals surface area contributed by atoms with Crippen molar-refractivity contribution in [3.05, 3.63) is 0 Å². The molecule has 4 nitrogen and oxygen atoms in total. The van der Waals surface area contributed by atoms with E-state index in [1.807, 2.05) is 0 Å². The Kier molecular flexibility index (Phi) is 10.00. The van der Waals surface area contributed by atoms with Crippen LogP contribution in [0.25, 0.3) is 0 Å². The summed E-state index contributed by atoms with van der Waals surface area (Å²) < 4.78 is 33.3. The minimum atomic E-state index is -1.61. The predicted molar refractivity (Wildman–Crippen MR) is 33.4 cm³/mol. The van der Waals surface area contributed by atoms with Crippen molar-refractivity contribution in [1.82, 2.24) is 0 Å². The molecular weight excluding hydrogens is 152 g/mol. The van der Waals surface area contributed by atoms with Gasteiger partial charge in [-0.25, -0.2) is 8.42 Å². The highest BCUT2D eigenvalue weighted by Gasteiger charge is 1.60. The Morgan fingerprint density at radius 3 is 1.00 bits per heavy atom. The fraction of sp³-hybridized carbons (Fsp3) is 1.00. The zero-order valence-corrected chi connectivity index (χ0v) is 6.16. The van der Waals surface area contributed by atoms with Crippen LogP contribution in [0.4, 0.5) is 0 Å². The van der Waals surface area contributed by atoms with Crippen molar-refractivity contribution >= 4 is 22.2 Å². The lowest BCUT2D eigenvalue weighted by atomic mass is 12.0. The van der Waals surface area contributed by atoms with Gasteiger partial charge in [0.05, 0.1) is 0 Å². The SMILES string of the molecule is CS(=O)O.CS(=O)O. The van der Waals surface area contributed by atoms with Crippen molar-refractivity contribution in [3.8, 4) is 0 Å². The summed E-state index contributed by atoms with van der Waals surface area (Å²) in [5, 5.41) is 0. The van der Waals surface area contributed by atoms with Gasteiger partial charge >= 0.3 is 0 Å². The summed E-state index contributed by atoms with van der Waals surface area (Å²) in [6.07, 6.45) is 2.39. The molecule has 0 radical (unpaired) electrons. The monoisotopic (exact) mass is 160 g/mol. The van der Waals surface area contributed by atoms with Gasteiger partial charge < -0.3 is 9.11 Å². The van der Waals surface area contributed by atoms with E-state index in [2.05, 4.69) is 0 Å². The molecule has 8 heavy (non-hydrogen) atoms. The van der Waals surface area contributed by atoms with Gasteiger partial charge in [-0.05, 0) is 0 Å². The summed E-state index contributed by atoms with van der Waals surface area (Å²) in [7, 11) is 0. The van der Waals surface area contributed by atoms with E-state index >= 15 is 0 Å². The molecule has 0 aromatic heterocycles. The van der Waals surface area contributed by atoms with E-state index in [9.17, 15) is 0 Å². The van der Waals surface area contributed by atoms with Gasteiger partial charge in [0, 0.05) is 12.5 Å². The highest BCUT2D eigenvalue weighted by molar-refractivity contribution is 7.78. The molecule has 6 heteroatoms. The third kappa shape index (κ3) is 3500. The molecule has 0 rings (SSSR count). The summed E-state index contributed by atoms with van der Waals surface area (Å²) in [6, 6.07) is 0. The molecule has 0 spiro atoms. The van der Waals surface area contributed by atoms with Crippen LogP contribution in [0.1, 0.15) is 0 Å². The lowest BCUT2D eigenvalue weighted by molar-refractivity contribution is 0.569. The van der Waals surface area contributed by atoms with Crippen molar-refractivity contribution < 1.29 is 17.5 Å². The van der Waals surface area contributed by atoms with E-state index in [1.165, 1.54) is 12.5 Å². The molecule has 0 aromatic carbocycles. The Balaban J connectivity index is 0. The van der Waals surface area contributed by atoms with Crippen molar-refractivity contribution in [2.75, 3.05) is 12.5 Å². The maximum Gasteiger partial charge on any atom is 0.149 e. The standard InChI is InChI=1S/2CH4O2S/c2*1-4(2)3/h2*1H3,(H,2,3). The maximum absolute atomic E-state index is 9.11. The summed E-state index contributed by atoms with van der Waals surface area (Å²) >= 11 is -3.22. The Labute approximate surface area is 52.9 Å². The minimum absolute atomic E-state index is 1.19. The predicted octanol–water partition coefficient (Wildman–Crippen LogP) is -0.324.